The number of halogens is 3. The number of para-hydroxylation sites is 1. The maximum atomic E-state index is 12.9. The number of alkyl halides is 3. The number of hydrogen-bond acceptors (Lipinski definition) is 3. The molecule has 33 heavy (non-hydrogen) atoms. The van der Waals surface area contributed by atoms with Gasteiger partial charge in [-0.05, 0) is 50.1 Å². The number of benzene rings is 2. The lowest BCUT2D eigenvalue weighted by molar-refractivity contribution is -0.137. The minimum Gasteiger partial charge on any atom is -0.357 e. The van der Waals surface area contributed by atoms with Gasteiger partial charge in [-0.15, -0.1) is 0 Å². The van der Waals surface area contributed by atoms with Gasteiger partial charge in [0.25, 0.3) is 0 Å². The third kappa shape index (κ3) is 3.90. The van der Waals surface area contributed by atoms with Crippen LogP contribution in [0.25, 0.3) is 10.9 Å². The van der Waals surface area contributed by atoms with Crippen molar-refractivity contribution in [1.29, 1.82) is 0 Å². The Balaban J connectivity index is 1.56. The third-order valence-corrected chi connectivity index (χ3v) is 6.37. The molecule has 2 aromatic heterocycles. The van der Waals surface area contributed by atoms with Crippen molar-refractivity contribution in [2.45, 2.75) is 32.5 Å². The van der Waals surface area contributed by atoms with Crippen molar-refractivity contribution in [2.75, 3.05) is 0 Å². The van der Waals surface area contributed by atoms with Crippen LogP contribution >= 0.6 is 0 Å². The number of nitrogens with zero attached hydrogens (tertiary/aromatic N) is 4. The SMILES string of the molecule is Cc1nccn1CC1CCc2c(c3ccccc3n2C)C1=NOc1ccc(C(F)(F)F)cc1. The summed E-state index contributed by atoms with van der Waals surface area (Å²) < 4.78 is 43.0. The lowest BCUT2D eigenvalue weighted by atomic mass is 9.84. The molecule has 170 valence electrons. The zero-order valence-electron chi connectivity index (χ0n) is 18.3. The number of imidazole rings is 1. The molecule has 0 amide bonds. The van der Waals surface area contributed by atoms with Gasteiger partial charge in [-0.25, -0.2) is 4.98 Å². The Hall–Kier alpha value is -3.55. The Kier molecular flexibility index (Phi) is 5.23. The zero-order valence-corrected chi connectivity index (χ0v) is 18.3. The highest BCUT2D eigenvalue weighted by Crippen LogP contribution is 2.36. The fourth-order valence-electron chi connectivity index (χ4n) is 4.62. The molecule has 1 unspecified atom stereocenters. The average Bonchev–Trinajstić information content (AvgIpc) is 3.33. The van der Waals surface area contributed by atoms with Crippen LogP contribution in [0.1, 0.15) is 29.1 Å². The second-order valence-electron chi connectivity index (χ2n) is 8.35. The monoisotopic (exact) mass is 452 g/mol. The maximum absolute atomic E-state index is 12.9. The van der Waals surface area contributed by atoms with Crippen LogP contribution in [0, 0.1) is 12.8 Å². The summed E-state index contributed by atoms with van der Waals surface area (Å²) in [5, 5.41) is 5.62. The molecule has 5 rings (SSSR count). The molecule has 1 aliphatic rings. The van der Waals surface area contributed by atoms with Gasteiger partial charge in [-0.1, -0.05) is 23.4 Å². The Morgan fingerprint density at radius 2 is 1.88 bits per heavy atom. The number of fused-ring (bicyclic) bond motifs is 3. The number of aryl methyl sites for hydroxylation is 2. The molecule has 2 heterocycles. The van der Waals surface area contributed by atoms with Gasteiger partial charge in [0, 0.05) is 54.1 Å². The zero-order chi connectivity index (χ0) is 23.2. The highest BCUT2D eigenvalue weighted by atomic mass is 19.4. The van der Waals surface area contributed by atoms with E-state index in [2.05, 4.69) is 38.5 Å². The topological polar surface area (TPSA) is 44.3 Å². The largest absolute Gasteiger partial charge is 0.416 e. The van der Waals surface area contributed by atoms with Crippen molar-refractivity contribution in [3.8, 4) is 5.75 Å². The summed E-state index contributed by atoms with van der Waals surface area (Å²) in [7, 11) is 2.05. The Morgan fingerprint density at radius 3 is 2.58 bits per heavy atom. The molecule has 2 aromatic carbocycles. The van der Waals surface area contributed by atoms with Crippen LogP contribution in [0.4, 0.5) is 13.2 Å². The lowest BCUT2D eigenvalue weighted by Gasteiger charge is -2.26. The molecule has 0 fully saturated rings. The smallest absolute Gasteiger partial charge is 0.357 e. The van der Waals surface area contributed by atoms with E-state index >= 15 is 0 Å². The van der Waals surface area contributed by atoms with Crippen molar-refractivity contribution >= 4 is 16.6 Å². The summed E-state index contributed by atoms with van der Waals surface area (Å²) in [6.07, 6.45) is 1.11. The summed E-state index contributed by atoms with van der Waals surface area (Å²) >= 11 is 0. The molecule has 1 aliphatic carbocycles. The van der Waals surface area contributed by atoms with Gasteiger partial charge in [-0.2, -0.15) is 13.2 Å². The number of aromatic nitrogens is 3. The summed E-state index contributed by atoms with van der Waals surface area (Å²) in [6, 6.07) is 12.8. The molecule has 4 aromatic rings. The first-order valence-corrected chi connectivity index (χ1v) is 10.8. The second kappa shape index (κ2) is 8.10. The van der Waals surface area contributed by atoms with E-state index in [1.165, 1.54) is 17.8 Å². The van der Waals surface area contributed by atoms with Crippen LogP contribution in [-0.2, 0) is 26.2 Å². The molecule has 0 spiro atoms. The van der Waals surface area contributed by atoms with Crippen LogP contribution in [0.5, 0.6) is 5.75 Å². The molecule has 8 heteroatoms. The van der Waals surface area contributed by atoms with Gasteiger partial charge in [0.15, 0.2) is 5.75 Å². The minimum atomic E-state index is -4.39. The van der Waals surface area contributed by atoms with Crippen LogP contribution in [0.2, 0.25) is 0 Å². The summed E-state index contributed by atoms with van der Waals surface area (Å²) in [6.45, 7) is 2.66. The van der Waals surface area contributed by atoms with Crippen molar-refractivity contribution in [1.82, 2.24) is 14.1 Å². The number of hydrogen-bond donors (Lipinski definition) is 0. The molecular formula is C25H23F3N4O. The molecule has 0 aliphatic heterocycles. The molecular weight excluding hydrogens is 429 g/mol. The van der Waals surface area contributed by atoms with Crippen LogP contribution in [0.15, 0.2) is 66.1 Å². The van der Waals surface area contributed by atoms with E-state index in [0.717, 1.165) is 53.0 Å². The Labute approximate surface area is 189 Å². The molecule has 0 N–H and O–H groups in total. The third-order valence-electron chi connectivity index (χ3n) is 6.37. The summed E-state index contributed by atoms with van der Waals surface area (Å²) in [4.78, 5) is 10.0. The number of rotatable bonds is 4. The van der Waals surface area contributed by atoms with Crippen molar-refractivity contribution in [2.24, 2.45) is 18.1 Å². The summed E-state index contributed by atoms with van der Waals surface area (Å²) in [5.74, 6) is 1.26. The van der Waals surface area contributed by atoms with Gasteiger partial charge in [0.1, 0.15) is 5.82 Å². The van der Waals surface area contributed by atoms with Gasteiger partial charge in [-0.3, -0.25) is 0 Å². The highest BCUT2D eigenvalue weighted by molar-refractivity contribution is 6.13. The Morgan fingerprint density at radius 1 is 1.12 bits per heavy atom. The lowest BCUT2D eigenvalue weighted by Crippen LogP contribution is -2.28. The Bertz CT molecular complexity index is 1330. The van der Waals surface area contributed by atoms with E-state index in [0.29, 0.717) is 6.54 Å². The minimum absolute atomic E-state index is 0.0747. The van der Waals surface area contributed by atoms with Crippen molar-refractivity contribution < 1.29 is 18.0 Å². The predicted octanol–water partition coefficient (Wildman–Crippen LogP) is 5.75. The van der Waals surface area contributed by atoms with E-state index in [4.69, 9.17) is 4.84 Å². The van der Waals surface area contributed by atoms with Gasteiger partial charge < -0.3 is 14.0 Å². The summed E-state index contributed by atoms with van der Waals surface area (Å²) in [5.41, 5.74) is 3.44. The molecule has 5 nitrogen and oxygen atoms in total. The molecule has 1 atom stereocenters. The van der Waals surface area contributed by atoms with Crippen molar-refractivity contribution in [3.63, 3.8) is 0 Å². The van der Waals surface area contributed by atoms with Crippen LogP contribution in [0.3, 0.4) is 0 Å². The van der Waals surface area contributed by atoms with Gasteiger partial charge >= 0.3 is 6.18 Å². The van der Waals surface area contributed by atoms with Crippen LogP contribution < -0.4 is 4.84 Å². The molecule has 0 saturated carbocycles. The fourth-order valence-corrected chi connectivity index (χ4v) is 4.62. The first-order chi connectivity index (χ1) is 15.8. The van der Waals surface area contributed by atoms with E-state index in [-0.39, 0.29) is 11.7 Å². The molecule has 0 radical (unpaired) electrons. The number of oxime groups is 1. The average molecular weight is 452 g/mol. The van der Waals surface area contributed by atoms with E-state index in [9.17, 15) is 13.2 Å². The van der Waals surface area contributed by atoms with Crippen LogP contribution in [-0.4, -0.2) is 19.8 Å². The van der Waals surface area contributed by atoms with Gasteiger partial charge in [0.2, 0.25) is 0 Å². The van der Waals surface area contributed by atoms with Gasteiger partial charge in [0.05, 0.1) is 11.3 Å². The quantitative estimate of drug-likeness (QED) is 0.370. The maximum Gasteiger partial charge on any atom is 0.416 e. The molecule has 0 bridgehead atoms. The first kappa shape index (κ1) is 21.3. The predicted molar refractivity (Wildman–Crippen MR) is 120 cm³/mol. The van der Waals surface area contributed by atoms with E-state index in [1.54, 1.807) is 6.20 Å². The standard InChI is InChI=1S/C25H23F3N4O/c1-16-29-13-14-32(16)15-17-7-12-22-23(20-5-3-4-6-21(20)31(22)2)24(17)30-33-19-10-8-18(9-11-19)25(26,27)28/h3-6,8-11,13-14,17H,7,12,15H2,1-2H3. The second-order valence-corrected chi connectivity index (χ2v) is 8.35. The van der Waals surface area contributed by atoms with E-state index < -0.39 is 11.7 Å². The normalized spacial score (nSPS) is 17.5. The molecule has 0 saturated heterocycles. The first-order valence-electron chi connectivity index (χ1n) is 10.8. The highest BCUT2D eigenvalue weighted by Gasteiger charge is 2.32. The fraction of sp³-hybridized carbons (Fsp3) is 0.280. The van der Waals surface area contributed by atoms with Crippen molar-refractivity contribution in [3.05, 3.63) is 83.6 Å². The van der Waals surface area contributed by atoms with E-state index in [1.807, 2.05) is 25.3 Å².